The van der Waals surface area contributed by atoms with Crippen LogP contribution in [-0.4, -0.2) is 6.29 Å². The maximum atomic E-state index is 11.3. The number of carbonyl (C=O) groups excluding carboxylic acids is 1. The Morgan fingerprint density at radius 2 is 0.940 bits per heavy atom. The van der Waals surface area contributed by atoms with Crippen LogP contribution in [0.25, 0.3) is 43.5 Å². The van der Waals surface area contributed by atoms with Gasteiger partial charge in [-0.05, 0) is 137 Å². The van der Waals surface area contributed by atoms with Crippen molar-refractivity contribution in [1.29, 1.82) is 0 Å². The summed E-state index contributed by atoms with van der Waals surface area (Å²) in [6.07, 6.45) is 7.46. The van der Waals surface area contributed by atoms with Gasteiger partial charge in [0.25, 0.3) is 0 Å². The molecule has 2 nitrogen and oxygen atoms in total. The van der Waals surface area contributed by atoms with Gasteiger partial charge in [-0.3, -0.25) is 4.79 Å². The van der Waals surface area contributed by atoms with Crippen molar-refractivity contribution in [2.24, 2.45) is 0 Å². The Labute approximate surface area is 312 Å². The third-order valence-corrected chi connectivity index (χ3v) is 13.5. The fraction of sp³-hybridized carbons (Fsp3) is 0.0465. The van der Waals surface area contributed by atoms with Crippen LogP contribution in [0.5, 0.6) is 0 Å². The first-order valence-corrected chi connectivity index (χ1v) is 20.5. The van der Waals surface area contributed by atoms with E-state index in [-0.39, 0.29) is 0 Å². The van der Waals surface area contributed by atoms with E-state index >= 15 is 0 Å². The number of hydrogen-bond acceptors (Lipinski definition) is 7. The van der Waals surface area contributed by atoms with Crippen LogP contribution in [-0.2, 0) is 12.8 Å². The number of carbonyl (C=O) groups is 1. The summed E-state index contributed by atoms with van der Waals surface area (Å²) in [5.41, 5.74) is 6.81. The molecule has 0 amide bonds. The predicted octanol–water partition coefficient (Wildman–Crippen LogP) is 14.2. The molecule has 0 N–H and O–H groups in total. The topological polar surface area (TPSA) is 20.3 Å². The van der Waals surface area contributed by atoms with Crippen LogP contribution in [0.15, 0.2) is 144 Å². The number of thiophene rings is 5. The molecule has 0 saturated heterocycles. The van der Waals surface area contributed by atoms with Gasteiger partial charge in [0.1, 0.15) is 0 Å². The third-order valence-electron chi connectivity index (χ3n) is 8.41. The number of hydrogen-bond donors (Lipinski definition) is 0. The van der Waals surface area contributed by atoms with Gasteiger partial charge in [0.15, 0.2) is 6.29 Å². The molecule has 3 aromatic carbocycles. The fourth-order valence-corrected chi connectivity index (χ4v) is 9.94. The number of anilines is 3. The molecule has 0 saturated carbocycles. The van der Waals surface area contributed by atoms with Crippen LogP contribution >= 0.6 is 56.7 Å². The smallest absolute Gasteiger partial charge is 0.160 e. The van der Waals surface area contributed by atoms with Gasteiger partial charge < -0.3 is 4.90 Å². The molecule has 8 rings (SSSR count). The molecule has 0 unspecified atom stereocenters. The maximum Gasteiger partial charge on any atom is 0.160 e. The minimum atomic E-state index is 0.739. The molecule has 0 aliphatic carbocycles. The first-order chi connectivity index (χ1) is 24.7. The minimum absolute atomic E-state index is 0.739. The average molecular weight is 738 g/mol. The molecule has 50 heavy (non-hydrogen) atoms. The Kier molecular flexibility index (Phi) is 9.83. The van der Waals surface area contributed by atoms with E-state index in [0.29, 0.717) is 0 Å². The Morgan fingerprint density at radius 1 is 0.440 bits per heavy atom. The Bertz CT molecular complexity index is 2320. The van der Waals surface area contributed by atoms with Crippen LogP contribution in [0.4, 0.5) is 17.1 Å². The monoisotopic (exact) mass is 737 g/mol. The second-order valence-corrected chi connectivity index (χ2v) is 17.1. The van der Waals surface area contributed by atoms with Crippen LogP contribution in [0, 0.1) is 0 Å². The van der Waals surface area contributed by atoms with Gasteiger partial charge in [-0.1, -0.05) is 48.5 Å². The molecule has 0 aliphatic rings. The molecule has 5 aromatic heterocycles. The summed E-state index contributed by atoms with van der Waals surface area (Å²) in [6, 6.07) is 47.8. The van der Waals surface area contributed by atoms with Crippen molar-refractivity contribution >= 4 is 92.2 Å². The highest BCUT2D eigenvalue weighted by Crippen LogP contribution is 2.40. The molecule has 0 bridgehead atoms. The summed E-state index contributed by atoms with van der Waals surface area (Å²) in [7, 11) is 0. The van der Waals surface area contributed by atoms with Crippen LogP contribution in [0.3, 0.4) is 0 Å². The average Bonchev–Trinajstić information content (AvgIpc) is 4.01. The van der Waals surface area contributed by atoms with Crippen molar-refractivity contribution in [3.05, 3.63) is 169 Å². The molecule has 7 heteroatoms. The Balaban J connectivity index is 1.07. The standard InChI is InChI=1S/C43H31NOS5/c45-29-40-23-26-43(50-40)32-9-15-35(16-10-32)44(33-11-5-30(6-12-33)41-24-21-38(48-41)19-17-36-3-1-27-46-36)34-13-7-31(8-14-34)42-25-22-39(49-42)20-18-37-4-2-28-47-37/h1-17,19,21-29H,18,20H2. The van der Waals surface area contributed by atoms with E-state index < -0.39 is 0 Å². The zero-order valence-electron chi connectivity index (χ0n) is 26.9. The zero-order valence-corrected chi connectivity index (χ0v) is 31.0. The quantitative estimate of drug-likeness (QED) is 0.116. The predicted molar refractivity (Wildman–Crippen MR) is 221 cm³/mol. The van der Waals surface area contributed by atoms with Gasteiger partial charge in [0.2, 0.25) is 0 Å². The first kappa shape index (κ1) is 32.6. The number of aryl methyl sites for hydroxylation is 2. The normalized spacial score (nSPS) is 11.4. The van der Waals surface area contributed by atoms with Crippen LogP contribution in [0.2, 0.25) is 0 Å². The molecule has 244 valence electrons. The molecule has 0 fully saturated rings. The fourth-order valence-electron chi connectivity index (χ4n) is 5.86. The van der Waals surface area contributed by atoms with Gasteiger partial charge in [0, 0.05) is 51.2 Å². The second-order valence-electron chi connectivity index (χ2n) is 11.7. The number of nitrogens with zero attached hydrogens (tertiary/aromatic N) is 1. The number of rotatable bonds is 12. The van der Waals surface area contributed by atoms with E-state index in [9.17, 15) is 4.79 Å². The molecule has 0 spiro atoms. The lowest BCUT2D eigenvalue weighted by Gasteiger charge is -2.26. The molecule has 8 aromatic rings. The van der Waals surface area contributed by atoms with Crippen molar-refractivity contribution in [2.45, 2.75) is 12.8 Å². The maximum absolute atomic E-state index is 11.3. The lowest BCUT2D eigenvalue weighted by Crippen LogP contribution is -2.09. The van der Waals surface area contributed by atoms with Gasteiger partial charge in [-0.15, -0.1) is 56.7 Å². The first-order valence-electron chi connectivity index (χ1n) is 16.3. The highest BCUT2D eigenvalue weighted by atomic mass is 32.1. The summed E-state index contributed by atoms with van der Waals surface area (Å²) < 4.78 is 0. The number of benzene rings is 3. The van der Waals surface area contributed by atoms with Crippen LogP contribution < -0.4 is 4.90 Å². The molecular formula is C43H31NOS5. The van der Waals surface area contributed by atoms with Crippen molar-refractivity contribution in [3.63, 3.8) is 0 Å². The summed E-state index contributed by atoms with van der Waals surface area (Å²) in [5.74, 6) is 0. The van der Waals surface area contributed by atoms with E-state index in [2.05, 4.69) is 149 Å². The lowest BCUT2D eigenvalue weighted by molar-refractivity contribution is 0.112. The largest absolute Gasteiger partial charge is 0.311 e. The van der Waals surface area contributed by atoms with Crippen molar-refractivity contribution < 1.29 is 4.79 Å². The van der Waals surface area contributed by atoms with E-state index in [1.807, 2.05) is 34.8 Å². The highest BCUT2D eigenvalue weighted by Gasteiger charge is 2.15. The molecule has 0 radical (unpaired) electrons. The lowest BCUT2D eigenvalue weighted by atomic mass is 10.1. The molecule has 5 heterocycles. The van der Waals surface area contributed by atoms with Crippen molar-refractivity contribution in [1.82, 2.24) is 0 Å². The van der Waals surface area contributed by atoms with Gasteiger partial charge in [-0.2, -0.15) is 0 Å². The number of aldehydes is 1. The van der Waals surface area contributed by atoms with Gasteiger partial charge >= 0.3 is 0 Å². The summed E-state index contributed by atoms with van der Waals surface area (Å²) >= 11 is 8.80. The van der Waals surface area contributed by atoms with E-state index in [1.165, 1.54) is 51.7 Å². The highest BCUT2D eigenvalue weighted by molar-refractivity contribution is 7.17. The van der Waals surface area contributed by atoms with Gasteiger partial charge in [0.05, 0.1) is 4.88 Å². The SMILES string of the molecule is O=Cc1ccc(-c2ccc(N(c3ccc(-c4ccc(C=Cc5cccs5)s4)cc3)c3ccc(-c4ccc(CCc5cccs5)s4)cc3)cc2)s1. The summed E-state index contributed by atoms with van der Waals surface area (Å²) in [5, 5.41) is 4.26. The molecule has 0 atom stereocenters. The Hall–Kier alpha value is -4.63. The third kappa shape index (κ3) is 7.43. The van der Waals surface area contributed by atoms with Gasteiger partial charge in [-0.25, -0.2) is 0 Å². The molecular weight excluding hydrogens is 707 g/mol. The van der Waals surface area contributed by atoms with Crippen molar-refractivity contribution in [3.8, 4) is 31.3 Å². The Morgan fingerprint density at radius 3 is 1.48 bits per heavy atom. The molecule has 0 aliphatic heterocycles. The van der Waals surface area contributed by atoms with Crippen molar-refractivity contribution in [2.75, 3.05) is 4.90 Å². The second kappa shape index (κ2) is 15.1. The minimum Gasteiger partial charge on any atom is -0.311 e. The van der Waals surface area contributed by atoms with Crippen LogP contribution in [0.1, 0.15) is 29.2 Å². The van der Waals surface area contributed by atoms with E-state index in [4.69, 9.17) is 0 Å². The zero-order chi connectivity index (χ0) is 33.7. The summed E-state index contributed by atoms with van der Waals surface area (Å²) in [4.78, 5) is 23.3. The summed E-state index contributed by atoms with van der Waals surface area (Å²) in [6.45, 7) is 0. The van der Waals surface area contributed by atoms with E-state index in [1.54, 1.807) is 22.7 Å². The van der Waals surface area contributed by atoms with E-state index in [0.717, 1.165) is 51.5 Å².